The largest absolute Gasteiger partial charge is 0.506 e. The third kappa shape index (κ3) is 9.76. The first-order chi connectivity index (χ1) is 26.4. The van der Waals surface area contributed by atoms with Crippen LogP contribution in [0.3, 0.4) is 0 Å². The maximum absolute atomic E-state index is 12.8. The number of phenolic OH excluding ortho intramolecular Hbond substituents is 1. The van der Waals surface area contributed by atoms with Gasteiger partial charge in [-0.05, 0) is 116 Å². The summed E-state index contributed by atoms with van der Waals surface area (Å²) < 4.78 is 6.68. The van der Waals surface area contributed by atoms with Crippen LogP contribution in [0.25, 0.3) is 21.3 Å². The van der Waals surface area contributed by atoms with E-state index in [2.05, 4.69) is 75.2 Å². The summed E-state index contributed by atoms with van der Waals surface area (Å²) in [6, 6.07) is 36.7. The number of nitrogens with one attached hydrogen (secondary N) is 4. The SMILES string of the molecule is Cc1cc(CCN2CCC(OC(=O)Nc3ccccc3-c3ccccc3)CC2)cc(Nc2ccc(CCNCCc3ccc(O)c4[nH]c(=O)sc34)cc2)c1. The van der Waals surface area contributed by atoms with Gasteiger partial charge in [-0.2, -0.15) is 0 Å². The number of aromatic nitrogens is 1. The number of fused-ring (bicyclic) bond motifs is 1. The van der Waals surface area contributed by atoms with Crippen molar-refractivity contribution in [1.29, 1.82) is 0 Å². The summed E-state index contributed by atoms with van der Waals surface area (Å²) in [7, 11) is 0. The number of amides is 1. The van der Waals surface area contributed by atoms with Crippen LogP contribution >= 0.6 is 11.3 Å². The standard InChI is InChI=1S/C44H47N5O4S/c1-30-27-32(19-24-49-25-20-37(21-26-49)53-43(51)47-39-10-6-5-9-38(39)33-7-3-2-4-8-33)29-36(28-30)46-35-14-11-31(12-15-35)17-22-45-23-18-34-13-16-40(50)41-42(34)54-44(52)48-41/h2-16,27-29,37,45-46,50H,17-26H2,1H3,(H,47,51)(H,48,52). The first kappa shape index (κ1) is 36.9. The van der Waals surface area contributed by atoms with Gasteiger partial charge in [0.15, 0.2) is 0 Å². The highest BCUT2D eigenvalue weighted by Gasteiger charge is 2.23. The average molecular weight is 742 g/mol. The van der Waals surface area contributed by atoms with Gasteiger partial charge in [-0.25, -0.2) is 4.79 Å². The van der Waals surface area contributed by atoms with Crippen LogP contribution in [0.1, 0.15) is 35.1 Å². The number of rotatable bonds is 14. The van der Waals surface area contributed by atoms with E-state index in [0.29, 0.717) is 5.52 Å². The molecule has 1 fully saturated rings. The zero-order chi connectivity index (χ0) is 37.3. The number of nitrogens with zero attached hydrogens (tertiary/aromatic N) is 1. The van der Waals surface area contributed by atoms with E-state index >= 15 is 0 Å². The van der Waals surface area contributed by atoms with E-state index in [9.17, 15) is 14.7 Å². The van der Waals surface area contributed by atoms with Crippen molar-refractivity contribution in [3.05, 3.63) is 141 Å². The molecule has 0 atom stereocenters. The smallest absolute Gasteiger partial charge is 0.411 e. The topological polar surface area (TPSA) is 119 Å². The molecular weight excluding hydrogens is 695 g/mol. The Morgan fingerprint density at radius 3 is 2.43 bits per heavy atom. The molecular formula is C44H47N5O4S. The van der Waals surface area contributed by atoms with Gasteiger partial charge in [-0.1, -0.05) is 84.1 Å². The molecule has 6 aromatic rings. The van der Waals surface area contributed by atoms with E-state index in [1.54, 1.807) is 6.07 Å². The minimum Gasteiger partial charge on any atom is -0.506 e. The van der Waals surface area contributed by atoms with Crippen molar-refractivity contribution in [2.24, 2.45) is 0 Å². The Kier molecular flexibility index (Phi) is 12.0. The molecule has 5 N–H and O–H groups in total. The molecule has 0 bridgehead atoms. The van der Waals surface area contributed by atoms with Crippen molar-refractivity contribution in [1.82, 2.24) is 15.2 Å². The fourth-order valence-corrected chi connectivity index (χ4v) is 8.04. The Hall–Kier alpha value is -5.42. The molecule has 0 radical (unpaired) electrons. The van der Waals surface area contributed by atoms with Gasteiger partial charge in [-0.15, -0.1) is 0 Å². The Morgan fingerprint density at radius 1 is 0.852 bits per heavy atom. The van der Waals surface area contributed by atoms with E-state index in [1.165, 1.54) is 16.7 Å². The number of para-hydroxylation sites is 1. The number of piperidine rings is 1. The van der Waals surface area contributed by atoms with Crippen LogP contribution in [0.4, 0.5) is 21.9 Å². The molecule has 0 saturated carbocycles. The van der Waals surface area contributed by atoms with Gasteiger partial charge >= 0.3 is 11.0 Å². The van der Waals surface area contributed by atoms with E-state index in [-0.39, 0.29) is 16.7 Å². The van der Waals surface area contributed by atoms with Crippen molar-refractivity contribution in [2.45, 2.75) is 45.1 Å². The van der Waals surface area contributed by atoms with Gasteiger partial charge in [-0.3, -0.25) is 10.1 Å². The molecule has 7 rings (SSSR count). The number of carbonyl (C=O) groups is 1. The lowest BCUT2D eigenvalue weighted by molar-refractivity contribution is 0.0593. The number of thiazole rings is 1. The summed E-state index contributed by atoms with van der Waals surface area (Å²) in [5.41, 5.74) is 10.3. The van der Waals surface area contributed by atoms with Crippen LogP contribution < -0.4 is 20.8 Å². The minimum absolute atomic E-state index is 0.0918. The number of H-pyrrole nitrogens is 1. The second kappa shape index (κ2) is 17.6. The maximum atomic E-state index is 12.8. The monoisotopic (exact) mass is 741 g/mol. The summed E-state index contributed by atoms with van der Waals surface area (Å²) in [5.74, 6) is 0.113. The number of hydrogen-bond acceptors (Lipinski definition) is 8. The summed E-state index contributed by atoms with van der Waals surface area (Å²) in [6.07, 6.45) is 3.80. The second-order valence-corrected chi connectivity index (χ2v) is 15.0. The highest BCUT2D eigenvalue weighted by Crippen LogP contribution is 2.29. The number of aromatic amines is 1. The highest BCUT2D eigenvalue weighted by atomic mass is 32.1. The van der Waals surface area contributed by atoms with E-state index in [4.69, 9.17) is 4.74 Å². The minimum atomic E-state index is -0.400. The first-order valence-corrected chi connectivity index (χ1v) is 19.5. The molecule has 1 aliphatic heterocycles. The Balaban J connectivity index is 0.822. The van der Waals surface area contributed by atoms with Crippen molar-refractivity contribution in [3.63, 3.8) is 0 Å². The van der Waals surface area contributed by atoms with Crippen LogP contribution in [0, 0.1) is 6.92 Å². The number of aryl methyl sites for hydroxylation is 1. The molecule has 1 aromatic heterocycles. The molecule has 0 unspecified atom stereocenters. The molecule has 54 heavy (non-hydrogen) atoms. The second-order valence-electron chi connectivity index (χ2n) is 14.0. The number of benzene rings is 5. The highest BCUT2D eigenvalue weighted by molar-refractivity contribution is 7.16. The number of aromatic hydroxyl groups is 1. The number of ether oxygens (including phenoxy) is 1. The number of anilines is 3. The van der Waals surface area contributed by atoms with Crippen LogP contribution in [0.2, 0.25) is 0 Å². The summed E-state index contributed by atoms with van der Waals surface area (Å²) >= 11 is 1.15. The third-order valence-electron chi connectivity index (χ3n) is 9.95. The summed E-state index contributed by atoms with van der Waals surface area (Å²) in [5, 5.41) is 20.1. The van der Waals surface area contributed by atoms with Crippen molar-refractivity contribution < 1.29 is 14.6 Å². The van der Waals surface area contributed by atoms with E-state index < -0.39 is 6.09 Å². The molecule has 0 spiro atoms. The Morgan fingerprint density at radius 2 is 1.61 bits per heavy atom. The quantitative estimate of drug-likeness (QED) is 0.0710. The van der Waals surface area contributed by atoms with Crippen molar-refractivity contribution in [2.75, 3.05) is 43.4 Å². The van der Waals surface area contributed by atoms with Gasteiger partial charge in [0.1, 0.15) is 17.4 Å². The van der Waals surface area contributed by atoms with Gasteiger partial charge in [0.25, 0.3) is 0 Å². The molecule has 5 aromatic carbocycles. The third-order valence-corrected chi connectivity index (χ3v) is 10.9. The molecule has 1 saturated heterocycles. The van der Waals surface area contributed by atoms with Crippen LogP contribution in [-0.4, -0.2) is 59.9 Å². The zero-order valence-electron chi connectivity index (χ0n) is 30.6. The van der Waals surface area contributed by atoms with E-state index in [1.807, 2.05) is 60.7 Å². The average Bonchev–Trinajstić information content (AvgIpc) is 3.59. The van der Waals surface area contributed by atoms with Gasteiger partial charge < -0.3 is 30.4 Å². The lowest BCUT2D eigenvalue weighted by Gasteiger charge is -2.31. The Labute approximate surface area is 320 Å². The first-order valence-electron chi connectivity index (χ1n) is 18.7. The molecule has 2 heterocycles. The van der Waals surface area contributed by atoms with Crippen LogP contribution in [-0.2, 0) is 24.0 Å². The molecule has 278 valence electrons. The molecule has 1 amide bonds. The van der Waals surface area contributed by atoms with Crippen LogP contribution in [0.15, 0.2) is 114 Å². The molecule has 9 nitrogen and oxygen atoms in total. The summed E-state index contributed by atoms with van der Waals surface area (Å²) in [6.45, 7) is 6.54. The molecule has 0 aliphatic carbocycles. The van der Waals surface area contributed by atoms with Crippen molar-refractivity contribution >= 4 is 44.7 Å². The predicted octanol–water partition coefficient (Wildman–Crippen LogP) is 8.64. The Bertz CT molecular complexity index is 2230. The fraction of sp³-hybridized carbons (Fsp3) is 0.273. The number of hydrogen-bond donors (Lipinski definition) is 5. The number of phenols is 1. The van der Waals surface area contributed by atoms with Gasteiger partial charge in [0, 0.05) is 36.6 Å². The lowest BCUT2D eigenvalue weighted by atomic mass is 10.0. The number of likely N-dealkylation sites (tertiary alicyclic amines) is 1. The normalized spacial score (nSPS) is 13.6. The predicted molar refractivity (Wildman–Crippen MR) is 220 cm³/mol. The zero-order valence-corrected chi connectivity index (χ0v) is 31.4. The van der Waals surface area contributed by atoms with Crippen LogP contribution in [0.5, 0.6) is 5.75 Å². The van der Waals surface area contributed by atoms with Gasteiger partial charge in [0.05, 0.1) is 10.4 Å². The molecule has 10 heteroatoms. The number of carbonyl (C=O) groups excluding carboxylic acids is 1. The van der Waals surface area contributed by atoms with E-state index in [0.717, 1.165) is 115 Å². The van der Waals surface area contributed by atoms with Crippen molar-refractivity contribution in [3.8, 4) is 16.9 Å². The fourth-order valence-electron chi connectivity index (χ4n) is 7.14. The molecule has 1 aliphatic rings. The van der Waals surface area contributed by atoms with Gasteiger partial charge in [0.2, 0.25) is 0 Å². The maximum Gasteiger partial charge on any atom is 0.411 e. The lowest BCUT2D eigenvalue weighted by Crippen LogP contribution is -2.39. The summed E-state index contributed by atoms with van der Waals surface area (Å²) in [4.78, 5) is 29.7.